The van der Waals surface area contributed by atoms with E-state index in [0.717, 1.165) is 22.3 Å². The summed E-state index contributed by atoms with van der Waals surface area (Å²) in [6.07, 6.45) is 0.682. The van der Waals surface area contributed by atoms with E-state index in [0.29, 0.717) is 19.4 Å². The summed E-state index contributed by atoms with van der Waals surface area (Å²) in [6.45, 7) is 2.99. The van der Waals surface area contributed by atoms with Crippen molar-refractivity contribution in [3.8, 4) is 11.1 Å². The highest BCUT2D eigenvalue weighted by Gasteiger charge is 2.53. The van der Waals surface area contributed by atoms with Gasteiger partial charge in [0.25, 0.3) is 0 Å². The zero-order chi connectivity index (χ0) is 24.6. The maximum absolute atomic E-state index is 13.3. The molecule has 0 radical (unpaired) electrons. The van der Waals surface area contributed by atoms with Crippen LogP contribution >= 0.6 is 0 Å². The normalized spacial score (nSPS) is 22.5. The van der Waals surface area contributed by atoms with Gasteiger partial charge in [-0.3, -0.25) is 9.59 Å². The third kappa shape index (κ3) is 4.16. The van der Waals surface area contributed by atoms with E-state index in [4.69, 9.17) is 9.47 Å². The molecule has 2 aromatic carbocycles. The number of carboxylic acid groups (broad SMARTS) is 1. The van der Waals surface area contributed by atoms with Gasteiger partial charge < -0.3 is 24.8 Å². The Morgan fingerprint density at radius 3 is 2.29 bits per heavy atom. The van der Waals surface area contributed by atoms with Crippen molar-refractivity contribution in [2.45, 2.75) is 25.7 Å². The van der Waals surface area contributed by atoms with E-state index in [2.05, 4.69) is 29.6 Å². The molecule has 8 nitrogen and oxygen atoms in total. The molecule has 0 saturated carbocycles. The molecule has 2 heterocycles. The Morgan fingerprint density at radius 2 is 1.71 bits per heavy atom. The first-order chi connectivity index (χ1) is 16.8. The number of hydrogen-bond donors (Lipinski definition) is 2. The van der Waals surface area contributed by atoms with Crippen molar-refractivity contribution >= 4 is 18.0 Å². The molecule has 0 spiro atoms. The molecular formula is C27H30N2O6. The number of carbonyl (C=O) groups excluding carboxylic acids is 2. The first kappa shape index (κ1) is 23.4. The van der Waals surface area contributed by atoms with Crippen LogP contribution in [0.1, 0.15) is 36.8 Å². The predicted molar refractivity (Wildman–Crippen MR) is 128 cm³/mol. The van der Waals surface area contributed by atoms with Crippen LogP contribution in [0.3, 0.4) is 0 Å². The minimum Gasteiger partial charge on any atom is -0.481 e. The van der Waals surface area contributed by atoms with Gasteiger partial charge in [0.1, 0.15) is 6.61 Å². The third-order valence-electron chi connectivity index (χ3n) is 7.57. The van der Waals surface area contributed by atoms with E-state index < -0.39 is 22.9 Å². The number of benzene rings is 2. The monoisotopic (exact) mass is 478 g/mol. The number of likely N-dealkylation sites (tertiary alicyclic amines) is 1. The van der Waals surface area contributed by atoms with Gasteiger partial charge >= 0.3 is 12.1 Å². The SMILES string of the molecule is CC1(C(=O)O)CN(C(=O)C2(CNC(=O)OCC3c4ccccc4-c4ccccc43)CCCOC2)C1. The van der Waals surface area contributed by atoms with Gasteiger partial charge in [-0.05, 0) is 42.0 Å². The van der Waals surface area contributed by atoms with Gasteiger partial charge in [0.05, 0.1) is 17.4 Å². The number of rotatable bonds is 6. The van der Waals surface area contributed by atoms with Gasteiger partial charge in [0.15, 0.2) is 0 Å². The molecule has 2 saturated heterocycles. The molecule has 0 aromatic heterocycles. The number of hydrogen-bond acceptors (Lipinski definition) is 5. The zero-order valence-electron chi connectivity index (χ0n) is 19.8. The lowest BCUT2D eigenvalue weighted by Crippen LogP contribution is -2.65. The fraction of sp³-hybridized carbons (Fsp3) is 0.444. The highest BCUT2D eigenvalue weighted by Crippen LogP contribution is 2.44. The Balaban J connectivity index is 1.22. The standard InChI is InChI=1S/C27H30N2O6/c1-26(24(31)32)15-29(16-26)23(30)27(11-6-12-34-17-27)14-28-25(33)35-13-22-20-9-4-2-7-18(20)19-8-3-5-10-21(19)22/h2-5,7-10,22H,6,11-17H2,1H3,(H,28,33)(H,31,32). The molecule has 2 aliphatic heterocycles. The predicted octanol–water partition coefficient (Wildman–Crippen LogP) is 3.26. The van der Waals surface area contributed by atoms with Crippen molar-refractivity contribution in [1.29, 1.82) is 0 Å². The average Bonchev–Trinajstić information content (AvgIpc) is 3.18. The number of nitrogens with one attached hydrogen (secondary N) is 1. The molecular weight excluding hydrogens is 448 g/mol. The number of carbonyl (C=O) groups is 3. The molecule has 5 rings (SSSR count). The molecule has 0 bridgehead atoms. The molecule has 2 aromatic rings. The van der Waals surface area contributed by atoms with Crippen molar-refractivity contribution in [3.05, 3.63) is 59.7 Å². The molecule has 2 amide bonds. The maximum Gasteiger partial charge on any atom is 0.407 e. The minimum atomic E-state index is -0.924. The van der Waals surface area contributed by atoms with Crippen LogP contribution in [-0.2, 0) is 19.1 Å². The lowest BCUT2D eigenvalue weighted by atomic mass is 9.76. The molecule has 2 fully saturated rings. The Hall–Kier alpha value is -3.39. The van der Waals surface area contributed by atoms with Crippen LogP contribution in [0.4, 0.5) is 4.79 Å². The van der Waals surface area contributed by atoms with E-state index >= 15 is 0 Å². The second-order valence-corrected chi connectivity index (χ2v) is 10.1. The number of aliphatic carboxylic acids is 1. The first-order valence-electron chi connectivity index (χ1n) is 12.0. The van der Waals surface area contributed by atoms with Gasteiger partial charge in [0.2, 0.25) is 5.91 Å². The summed E-state index contributed by atoms with van der Waals surface area (Å²) < 4.78 is 11.2. The molecule has 1 atom stereocenters. The third-order valence-corrected chi connectivity index (χ3v) is 7.57. The van der Waals surface area contributed by atoms with Crippen LogP contribution in [0.5, 0.6) is 0 Å². The summed E-state index contributed by atoms with van der Waals surface area (Å²) >= 11 is 0. The van der Waals surface area contributed by atoms with Crippen molar-refractivity contribution < 1.29 is 29.0 Å². The molecule has 35 heavy (non-hydrogen) atoms. The lowest BCUT2D eigenvalue weighted by Gasteiger charge is -2.49. The van der Waals surface area contributed by atoms with Gasteiger partial charge in [-0.25, -0.2) is 4.79 Å². The summed E-state index contributed by atoms with van der Waals surface area (Å²) in [7, 11) is 0. The smallest absolute Gasteiger partial charge is 0.407 e. The van der Waals surface area contributed by atoms with E-state index in [1.54, 1.807) is 11.8 Å². The topological polar surface area (TPSA) is 105 Å². The number of fused-ring (bicyclic) bond motifs is 3. The number of amides is 2. The molecule has 8 heteroatoms. The van der Waals surface area contributed by atoms with Gasteiger partial charge in [-0.15, -0.1) is 0 Å². The van der Waals surface area contributed by atoms with Crippen molar-refractivity contribution in [1.82, 2.24) is 10.2 Å². The Bertz CT molecular complexity index is 1100. The van der Waals surface area contributed by atoms with E-state index in [1.807, 2.05) is 24.3 Å². The molecule has 2 N–H and O–H groups in total. The van der Waals surface area contributed by atoms with Crippen LogP contribution in [0.2, 0.25) is 0 Å². The van der Waals surface area contributed by atoms with Crippen LogP contribution in [0, 0.1) is 10.8 Å². The molecule has 184 valence electrons. The summed E-state index contributed by atoms with van der Waals surface area (Å²) in [4.78, 5) is 39.0. The zero-order valence-corrected chi connectivity index (χ0v) is 19.8. The minimum absolute atomic E-state index is 0.0449. The van der Waals surface area contributed by atoms with Gasteiger partial charge in [0, 0.05) is 32.2 Å². The quantitative estimate of drug-likeness (QED) is 0.660. The number of alkyl carbamates (subject to hydrolysis) is 1. The number of carboxylic acids is 1. The highest BCUT2D eigenvalue weighted by molar-refractivity contribution is 5.88. The fourth-order valence-corrected chi connectivity index (χ4v) is 5.54. The van der Waals surface area contributed by atoms with Crippen LogP contribution in [0.25, 0.3) is 11.1 Å². The van der Waals surface area contributed by atoms with Crippen LogP contribution in [0.15, 0.2) is 48.5 Å². The number of ether oxygens (including phenoxy) is 2. The Kier molecular flexibility index (Phi) is 6.01. The number of nitrogens with zero attached hydrogens (tertiary/aromatic N) is 1. The molecule has 1 unspecified atom stereocenters. The second-order valence-electron chi connectivity index (χ2n) is 10.1. The summed E-state index contributed by atoms with van der Waals surface area (Å²) in [6, 6.07) is 16.3. The van der Waals surface area contributed by atoms with Gasteiger partial charge in [-0.2, -0.15) is 0 Å². The Morgan fingerprint density at radius 1 is 1.09 bits per heavy atom. The highest BCUT2D eigenvalue weighted by atomic mass is 16.5. The summed E-state index contributed by atoms with van der Waals surface area (Å²) in [5, 5.41) is 12.2. The first-order valence-corrected chi connectivity index (χ1v) is 12.0. The lowest BCUT2D eigenvalue weighted by molar-refractivity contribution is -0.172. The van der Waals surface area contributed by atoms with Gasteiger partial charge in [-0.1, -0.05) is 48.5 Å². The molecule has 3 aliphatic rings. The summed E-state index contributed by atoms with van der Waals surface area (Å²) in [5.41, 5.74) is 2.74. The van der Waals surface area contributed by atoms with Crippen molar-refractivity contribution in [2.24, 2.45) is 10.8 Å². The van der Waals surface area contributed by atoms with Crippen molar-refractivity contribution in [2.75, 3.05) is 39.5 Å². The molecule has 1 aliphatic carbocycles. The van der Waals surface area contributed by atoms with Crippen LogP contribution < -0.4 is 5.32 Å². The average molecular weight is 479 g/mol. The second kappa shape index (κ2) is 9.00. The fourth-order valence-electron chi connectivity index (χ4n) is 5.54. The van der Waals surface area contributed by atoms with Crippen LogP contribution in [-0.4, -0.2) is 67.4 Å². The van der Waals surface area contributed by atoms with E-state index in [9.17, 15) is 19.5 Å². The largest absolute Gasteiger partial charge is 0.481 e. The Labute approximate surface area is 204 Å². The van der Waals surface area contributed by atoms with Crippen molar-refractivity contribution in [3.63, 3.8) is 0 Å². The van der Waals surface area contributed by atoms with E-state index in [-0.39, 0.29) is 44.7 Å². The summed E-state index contributed by atoms with van der Waals surface area (Å²) in [5.74, 6) is -1.13. The van der Waals surface area contributed by atoms with E-state index in [1.165, 1.54) is 0 Å². The maximum atomic E-state index is 13.3.